The number of fused-ring (bicyclic) bond motifs is 1. The Hall–Kier alpha value is -1.93. The van der Waals surface area contributed by atoms with Gasteiger partial charge in [0, 0.05) is 0 Å². The van der Waals surface area contributed by atoms with Crippen LogP contribution in [0.15, 0.2) is 26.6 Å². The molecule has 0 spiro atoms. The van der Waals surface area contributed by atoms with Crippen LogP contribution in [0.25, 0.3) is 10.9 Å². The van der Waals surface area contributed by atoms with E-state index in [4.69, 9.17) is 0 Å². The van der Waals surface area contributed by atoms with Gasteiger partial charge in [-0.15, -0.1) is 0 Å². The third-order valence-electron chi connectivity index (χ3n) is 2.69. The minimum Gasteiger partial charge on any atom is -0.305 e. The van der Waals surface area contributed by atoms with Crippen LogP contribution < -0.4 is 11.2 Å². The van der Waals surface area contributed by atoms with E-state index in [0.717, 1.165) is 6.42 Å². The van der Waals surface area contributed by atoms with E-state index in [0.29, 0.717) is 12.0 Å². The molecule has 0 aliphatic rings. The smallest absolute Gasteiger partial charge is 0.305 e. The molecule has 19 heavy (non-hydrogen) atoms. The van der Waals surface area contributed by atoms with Crippen LogP contribution in [0.5, 0.6) is 0 Å². The normalized spacial score (nSPS) is 11.9. The first kappa shape index (κ1) is 13.5. The molecular formula is C11H12N2O5S. The fraction of sp³-hybridized carbons (Fsp3) is 0.273. The molecule has 7 nitrogen and oxygen atoms in total. The van der Waals surface area contributed by atoms with Crippen molar-refractivity contribution in [2.24, 2.45) is 0 Å². The summed E-state index contributed by atoms with van der Waals surface area (Å²) < 4.78 is 31.9. The molecule has 8 heteroatoms. The number of aromatic amines is 2. The fourth-order valence-corrected chi connectivity index (χ4v) is 2.65. The summed E-state index contributed by atoms with van der Waals surface area (Å²) in [5.41, 5.74) is -1.11. The maximum Gasteiger partial charge on any atom is 0.326 e. The van der Waals surface area contributed by atoms with Crippen LogP contribution in [0.4, 0.5) is 0 Å². The molecule has 1 heterocycles. The summed E-state index contributed by atoms with van der Waals surface area (Å²) >= 11 is 0. The van der Waals surface area contributed by atoms with Crippen molar-refractivity contribution < 1.29 is 13.0 Å². The van der Waals surface area contributed by atoms with Crippen molar-refractivity contribution in [1.82, 2.24) is 9.97 Å². The molecule has 102 valence electrons. The Labute approximate surface area is 108 Å². The quantitative estimate of drug-likeness (QED) is 0.705. The van der Waals surface area contributed by atoms with E-state index >= 15 is 0 Å². The molecule has 2 aromatic rings. The third kappa shape index (κ3) is 2.59. The molecule has 0 saturated heterocycles. The first-order chi connectivity index (χ1) is 8.82. The molecule has 0 radical (unpaired) electrons. The van der Waals surface area contributed by atoms with Gasteiger partial charge in [0.2, 0.25) is 0 Å². The molecule has 0 fully saturated rings. The number of nitrogens with one attached hydrogen (secondary N) is 2. The van der Waals surface area contributed by atoms with Crippen LogP contribution >= 0.6 is 0 Å². The van der Waals surface area contributed by atoms with Crippen LogP contribution in [0.1, 0.15) is 18.9 Å². The maximum absolute atomic E-state index is 11.7. The summed E-state index contributed by atoms with van der Waals surface area (Å²) in [5.74, 6) is 0. The summed E-state index contributed by atoms with van der Waals surface area (Å²) in [6.45, 7) is 1.90. The zero-order valence-corrected chi connectivity index (χ0v) is 10.9. The van der Waals surface area contributed by atoms with Crippen LogP contribution in [-0.2, 0) is 16.5 Å². The van der Waals surface area contributed by atoms with Crippen LogP contribution in [0.3, 0.4) is 0 Å². The van der Waals surface area contributed by atoms with Gasteiger partial charge in [0.25, 0.3) is 15.7 Å². The van der Waals surface area contributed by atoms with Crippen LogP contribution in [-0.4, -0.2) is 22.9 Å². The van der Waals surface area contributed by atoms with Crippen molar-refractivity contribution in [1.29, 1.82) is 0 Å². The highest BCUT2D eigenvalue weighted by Gasteiger charge is 2.18. The predicted molar refractivity (Wildman–Crippen MR) is 69.0 cm³/mol. The van der Waals surface area contributed by atoms with E-state index in [2.05, 4.69) is 4.98 Å². The van der Waals surface area contributed by atoms with Crippen molar-refractivity contribution in [3.05, 3.63) is 38.5 Å². The maximum atomic E-state index is 11.7. The number of hydrogen-bond donors (Lipinski definition) is 3. The Kier molecular flexibility index (Phi) is 3.29. The first-order valence-electron chi connectivity index (χ1n) is 5.59. The van der Waals surface area contributed by atoms with E-state index in [1.165, 1.54) is 12.1 Å². The lowest BCUT2D eigenvalue weighted by atomic mass is 10.1. The standard InChI is InChI=1S/C11H12N2O5S/c1-2-3-6-4-7-9(8(5-6)19(16,17)18)12-11(15)13-10(7)14/h4-5H,2-3H2,1H3,(H,16,17,18)(H2,12,13,14,15). The number of benzene rings is 1. The minimum atomic E-state index is -4.53. The summed E-state index contributed by atoms with van der Waals surface area (Å²) in [6, 6.07) is 2.76. The lowest BCUT2D eigenvalue weighted by Crippen LogP contribution is -2.23. The zero-order valence-electron chi connectivity index (χ0n) is 10.1. The Morgan fingerprint density at radius 2 is 1.89 bits per heavy atom. The number of aryl methyl sites for hydroxylation is 1. The SMILES string of the molecule is CCCc1cc(S(=O)(=O)O)c2[nH]c(=O)[nH]c(=O)c2c1. The van der Waals surface area contributed by atoms with E-state index in [1.807, 2.05) is 11.9 Å². The first-order valence-corrected chi connectivity index (χ1v) is 7.03. The van der Waals surface area contributed by atoms with Gasteiger partial charge in [0.05, 0.1) is 10.9 Å². The van der Waals surface area contributed by atoms with E-state index in [-0.39, 0.29) is 10.9 Å². The molecule has 3 N–H and O–H groups in total. The molecule has 0 atom stereocenters. The van der Waals surface area contributed by atoms with Gasteiger partial charge in [-0.2, -0.15) is 8.42 Å². The van der Waals surface area contributed by atoms with E-state index in [1.54, 1.807) is 0 Å². The van der Waals surface area contributed by atoms with Crippen molar-refractivity contribution in [3.8, 4) is 0 Å². The van der Waals surface area contributed by atoms with Crippen molar-refractivity contribution in [2.45, 2.75) is 24.7 Å². The average molecular weight is 284 g/mol. The highest BCUT2D eigenvalue weighted by molar-refractivity contribution is 7.86. The van der Waals surface area contributed by atoms with E-state index in [9.17, 15) is 22.6 Å². The summed E-state index contributed by atoms with van der Waals surface area (Å²) in [6.07, 6.45) is 1.30. The van der Waals surface area contributed by atoms with Crippen molar-refractivity contribution in [2.75, 3.05) is 0 Å². The fourth-order valence-electron chi connectivity index (χ4n) is 1.93. The van der Waals surface area contributed by atoms with Crippen LogP contribution in [0.2, 0.25) is 0 Å². The molecule has 0 aliphatic carbocycles. The Balaban J connectivity index is 2.99. The lowest BCUT2D eigenvalue weighted by molar-refractivity contribution is 0.484. The van der Waals surface area contributed by atoms with Gasteiger partial charge >= 0.3 is 5.69 Å². The molecule has 1 aromatic heterocycles. The monoisotopic (exact) mass is 284 g/mol. The molecule has 1 aromatic carbocycles. The molecule has 0 unspecified atom stereocenters. The molecule has 0 aliphatic heterocycles. The summed E-state index contributed by atoms with van der Waals surface area (Å²) in [5, 5.41) is 0.0261. The highest BCUT2D eigenvalue weighted by atomic mass is 32.2. The number of H-pyrrole nitrogens is 2. The highest BCUT2D eigenvalue weighted by Crippen LogP contribution is 2.21. The van der Waals surface area contributed by atoms with Gasteiger partial charge in [-0.25, -0.2) is 4.79 Å². The molecule has 0 saturated carbocycles. The van der Waals surface area contributed by atoms with Gasteiger partial charge in [0.15, 0.2) is 0 Å². The van der Waals surface area contributed by atoms with Gasteiger partial charge < -0.3 is 4.98 Å². The van der Waals surface area contributed by atoms with Crippen molar-refractivity contribution >= 4 is 21.0 Å². The number of aromatic nitrogens is 2. The predicted octanol–water partition coefficient (Wildman–Crippen LogP) is 0.416. The zero-order chi connectivity index (χ0) is 14.2. The Bertz CT molecular complexity index is 847. The Morgan fingerprint density at radius 1 is 1.21 bits per heavy atom. The summed E-state index contributed by atoms with van der Waals surface area (Å²) in [4.78, 5) is 26.7. The van der Waals surface area contributed by atoms with Crippen LogP contribution in [0, 0.1) is 0 Å². The molecular weight excluding hydrogens is 272 g/mol. The lowest BCUT2D eigenvalue weighted by Gasteiger charge is -2.06. The van der Waals surface area contributed by atoms with Gasteiger partial charge in [-0.1, -0.05) is 13.3 Å². The van der Waals surface area contributed by atoms with Gasteiger partial charge in [-0.3, -0.25) is 14.3 Å². The Morgan fingerprint density at radius 3 is 2.47 bits per heavy atom. The second-order valence-corrected chi connectivity index (χ2v) is 5.54. The van der Waals surface area contributed by atoms with Gasteiger partial charge in [-0.05, 0) is 24.1 Å². The topological polar surface area (TPSA) is 120 Å². The van der Waals surface area contributed by atoms with Crippen molar-refractivity contribution in [3.63, 3.8) is 0 Å². The number of rotatable bonds is 3. The average Bonchev–Trinajstić information content (AvgIpc) is 2.28. The number of hydrogen-bond acceptors (Lipinski definition) is 4. The second kappa shape index (κ2) is 4.63. The summed E-state index contributed by atoms with van der Waals surface area (Å²) in [7, 11) is -4.53. The molecule has 2 rings (SSSR count). The molecule has 0 amide bonds. The second-order valence-electron chi connectivity index (χ2n) is 4.15. The largest absolute Gasteiger partial charge is 0.326 e. The molecule has 0 bridgehead atoms. The minimum absolute atomic E-state index is 0.0261. The van der Waals surface area contributed by atoms with E-state index < -0.39 is 26.3 Å². The van der Waals surface area contributed by atoms with Gasteiger partial charge in [0.1, 0.15) is 4.90 Å². The third-order valence-corrected chi connectivity index (χ3v) is 3.57.